The maximum absolute atomic E-state index is 14.3. The quantitative estimate of drug-likeness (QED) is 0.629. The highest BCUT2D eigenvalue weighted by atomic mass is 32.2. The fourth-order valence-corrected chi connectivity index (χ4v) is 5.49. The Bertz CT molecular complexity index is 1140. The number of aromatic nitrogens is 1. The van der Waals surface area contributed by atoms with Gasteiger partial charge in [-0.05, 0) is 56.0 Å². The van der Waals surface area contributed by atoms with Crippen molar-refractivity contribution in [2.75, 3.05) is 6.54 Å². The van der Waals surface area contributed by atoms with E-state index in [1.807, 2.05) is 0 Å². The summed E-state index contributed by atoms with van der Waals surface area (Å²) in [4.78, 5) is 16.3. The van der Waals surface area contributed by atoms with Gasteiger partial charge in [0.1, 0.15) is 6.04 Å². The number of amides is 1. The number of hydrogen-bond acceptors (Lipinski definition) is 4. The van der Waals surface area contributed by atoms with Crippen LogP contribution in [-0.4, -0.2) is 36.2 Å². The minimum absolute atomic E-state index is 0.0424. The van der Waals surface area contributed by atoms with Crippen LogP contribution in [0.25, 0.3) is 0 Å². The number of alkyl halides is 2. The number of sulfonamides is 1. The van der Waals surface area contributed by atoms with E-state index in [9.17, 15) is 30.8 Å². The third kappa shape index (κ3) is 4.36. The lowest BCUT2D eigenvalue weighted by Crippen LogP contribution is -2.45. The van der Waals surface area contributed by atoms with Crippen molar-refractivity contribution >= 4 is 15.9 Å². The second kappa shape index (κ2) is 8.43. The average molecular weight is 471 g/mol. The molecule has 0 spiro atoms. The molecule has 2 heterocycles. The molecule has 2 fully saturated rings. The molecule has 6 nitrogen and oxygen atoms in total. The number of nitrogens with zero attached hydrogens (tertiary/aromatic N) is 2. The number of benzene rings is 1. The molecule has 172 valence electrons. The molecule has 1 amide bonds. The van der Waals surface area contributed by atoms with E-state index < -0.39 is 50.3 Å². The van der Waals surface area contributed by atoms with Gasteiger partial charge in [-0.1, -0.05) is 0 Å². The third-order valence-corrected chi connectivity index (χ3v) is 7.64. The van der Waals surface area contributed by atoms with E-state index in [0.717, 1.165) is 10.4 Å². The van der Waals surface area contributed by atoms with E-state index >= 15 is 0 Å². The monoisotopic (exact) mass is 471 g/mol. The zero-order valence-corrected chi connectivity index (χ0v) is 17.7. The lowest BCUT2D eigenvalue weighted by Gasteiger charge is -2.23. The largest absolute Gasteiger partial charge is 0.349 e. The number of hydrogen-bond donors (Lipinski definition) is 1. The zero-order chi connectivity index (χ0) is 23.1. The van der Waals surface area contributed by atoms with Gasteiger partial charge in [-0.25, -0.2) is 26.0 Å². The average Bonchev–Trinajstić information content (AvgIpc) is 3.51. The molecule has 11 heteroatoms. The van der Waals surface area contributed by atoms with E-state index in [1.165, 1.54) is 18.3 Å². The minimum atomic E-state index is -4.23. The van der Waals surface area contributed by atoms with Crippen LogP contribution in [0.1, 0.15) is 36.9 Å². The van der Waals surface area contributed by atoms with Crippen LogP contribution in [0.2, 0.25) is 0 Å². The Morgan fingerprint density at radius 2 is 1.88 bits per heavy atom. The highest BCUT2D eigenvalue weighted by Gasteiger charge is 2.48. The molecule has 1 unspecified atom stereocenters. The van der Waals surface area contributed by atoms with Crippen LogP contribution >= 0.6 is 0 Å². The normalized spacial score (nSPS) is 19.8. The van der Waals surface area contributed by atoms with Gasteiger partial charge in [-0.2, -0.15) is 4.31 Å². The van der Waals surface area contributed by atoms with Gasteiger partial charge in [-0.15, -0.1) is 0 Å². The van der Waals surface area contributed by atoms with E-state index in [2.05, 4.69) is 10.3 Å². The summed E-state index contributed by atoms with van der Waals surface area (Å²) in [6.07, 6.45) is 2.82. The van der Waals surface area contributed by atoms with Crippen molar-refractivity contribution in [2.45, 2.75) is 49.1 Å². The molecule has 1 atom stereocenters. The molecule has 4 rings (SSSR count). The standard InChI is InChI=1S/C21H21F4N3O3S/c22-17-6-5-16(11-18(17)23)32(30,31)28-9-1-2-19(28)20(29)27-12-15-10-14(7-8-26-15)21(24,25)13-3-4-13/h5-8,10-11,13,19H,1-4,9,12H2,(H,27,29). The molecule has 32 heavy (non-hydrogen) atoms. The lowest BCUT2D eigenvalue weighted by atomic mass is 10.0. The van der Waals surface area contributed by atoms with Gasteiger partial charge in [0.15, 0.2) is 11.6 Å². The predicted molar refractivity (Wildman–Crippen MR) is 106 cm³/mol. The molecule has 1 aromatic carbocycles. The van der Waals surface area contributed by atoms with E-state index in [-0.39, 0.29) is 30.8 Å². The summed E-state index contributed by atoms with van der Waals surface area (Å²) >= 11 is 0. The maximum atomic E-state index is 14.3. The van der Waals surface area contributed by atoms with Crippen molar-refractivity contribution in [3.63, 3.8) is 0 Å². The summed E-state index contributed by atoms with van der Waals surface area (Å²) in [5.41, 5.74) is 0.0619. The Kier molecular flexibility index (Phi) is 5.97. The highest BCUT2D eigenvalue weighted by molar-refractivity contribution is 7.89. The van der Waals surface area contributed by atoms with Gasteiger partial charge < -0.3 is 5.32 Å². The van der Waals surface area contributed by atoms with Gasteiger partial charge in [0, 0.05) is 24.2 Å². The number of rotatable bonds is 7. The summed E-state index contributed by atoms with van der Waals surface area (Å²) in [6, 6.07) is 3.66. The maximum Gasteiger partial charge on any atom is 0.276 e. The Hall–Kier alpha value is -2.53. The first-order valence-electron chi connectivity index (χ1n) is 10.2. The summed E-state index contributed by atoms with van der Waals surface area (Å²) in [7, 11) is -4.23. The van der Waals surface area contributed by atoms with Gasteiger partial charge >= 0.3 is 0 Å². The van der Waals surface area contributed by atoms with Crippen molar-refractivity contribution in [1.29, 1.82) is 0 Å². The Morgan fingerprint density at radius 3 is 2.56 bits per heavy atom. The lowest BCUT2D eigenvalue weighted by molar-refractivity contribution is -0.124. The molecule has 1 aliphatic heterocycles. The zero-order valence-electron chi connectivity index (χ0n) is 16.9. The first kappa shape index (κ1) is 22.7. The fourth-order valence-electron chi connectivity index (χ4n) is 3.82. The smallest absolute Gasteiger partial charge is 0.276 e. The third-order valence-electron chi connectivity index (χ3n) is 5.74. The fraction of sp³-hybridized carbons (Fsp3) is 0.429. The molecule has 1 aliphatic carbocycles. The topological polar surface area (TPSA) is 79.4 Å². The minimum Gasteiger partial charge on any atom is -0.349 e. The molecular weight excluding hydrogens is 450 g/mol. The molecule has 0 bridgehead atoms. The molecule has 1 saturated carbocycles. The van der Waals surface area contributed by atoms with Crippen LogP contribution in [0, 0.1) is 17.6 Å². The van der Waals surface area contributed by atoms with Crippen molar-refractivity contribution in [1.82, 2.24) is 14.6 Å². The second-order valence-corrected chi connectivity index (χ2v) is 9.89. The Labute approximate surface area is 182 Å². The first-order valence-corrected chi connectivity index (χ1v) is 11.6. The van der Waals surface area contributed by atoms with Gasteiger partial charge in [0.2, 0.25) is 15.9 Å². The van der Waals surface area contributed by atoms with E-state index in [1.54, 1.807) is 0 Å². The van der Waals surface area contributed by atoms with Gasteiger partial charge in [0.05, 0.1) is 17.1 Å². The van der Waals surface area contributed by atoms with Crippen molar-refractivity contribution < 1.29 is 30.8 Å². The molecule has 1 aromatic heterocycles. The molecule has 1 N–H and O–H groups in total. The van der Waals surface area contributed by atoms with Crippen LogP contribution in [0.4, 0.5) is 17.6 Å². The summed E-state index contributed by atoms with van der Waals surface area (Å²) in [5, 5.41) is 2.55. The Balaban J connectivity index is 1.46. The van der Waals surface area contributed by atoms with Crippen molar-refractivity contribution in [2.24, 2.45) is 5.92 Å². The SMILES string of the molecule is O=C(NCc1cc(C(F)(F)C2CC2)ccn1)C1CCCN1S(=O)(=O)c1ccc(F)c(F)c1. The van der Waals surface area contributed by atoms with Crippen LogP contribution in [0.5, 0.6) is 0 Å². The summed E-state index contributed by atoms with van der Waals surface area (Å²) in [6.45, 7) is -0.107. The summed E-state index contributed by atoms with van der Waals surface area (Å²) < 4.78 is 82.1. The van der Waals surface area contributed by atoms with Gasteiger partial charge in [0.25, 0.3) is 5.92 Å². The molecule has 1 saturated heterocycles. The number of carbonyl (C=O) groups excluding carboxylic acids is 1. The molecule has 2 aromatic rings. The molecular formula is C21H21F4N3O3S. The van der Waals surface area contributed by atoms with Crippen LogP contribution in [0.3, 0.4) is 0 Å². The van der Waals surface area contributed by atoms with Crippen LogP contribution in [0.15, 0.2) is 41.4 Å². The number of halogens is 4. The first-order chi connectivity index (χ1) is 15.1. The van der Waals surface area contributed by atoms with E-state index in [0.29, 0.717) is 31.4 Å². The number of pyridine rings is 1. The summed E-state index contributed by atoms with van der Waals surface area (Å²) in [5.74, 6) is -6.74. The van der Waals surface area contributed by atoms with Crippen molar-refractivity contribution in [3.8, 4) is 0 Å². The van der Waals surface area contributed by atoms with Crippen molar-refractivity contribution in [3.05, 3.63) is 59.4 Å². The molecule has 0 radical (unpaired) electrons. The predicted octanol–water partition coefficient (Wildman–Crippen LogP) is 3.33. The van der Waals surface area contributed by atoms with Crippen LogP contribution < -0.4 is 5.32 Å². The van der Waals surface area contributed by atoms with Crippen LogP contribution in [-0.2, 0) is 27.3 Å². The molecule has 2 aliphatic rings. The Morgan fingerprint density at radius 1 is 1.12 bits per heavy atom. The van der Waals surface area contributed by atoms with Gasteiger partial charge in [-0.3, -0.25) is 9.78 Å². The van der Waals surface area contributed by atoms with E-state index in [4.69, 9.17) is 0 Å². The highest BCUT2D eigenvalue weighted by Crippen LogP contribution is 2.49. The number of nitrogens with one attached hydrogen (secondary N) is 1. The number of carbonyl (C=O) groups is 1. The second-order valence-electron chi connectivity index (χ2n) is 8.00.